The standard InChI is InChI=1S/C68H44N4/c1-5-17-45(18-6-1)61-44-69(50-19-7-2-8-20-50)62-38-33-53(43-60(61)62)72-67-36-31-48(46-29-34-65-56(39-46)54-25-13-15-27-63(54)70(65)51-21-9-3-10-22-51)41-58(67)59-42-49(32-37-68(59)72)47-30-35-66-57(40-47)55-26-14-16-28-64(55)71(66)52-23-11-4-12-24-52/h1-44H. The number of aromatic nitrogens is 4. The highest BCUT2D eigenvalue weighted by Gasteiger charge is 2.20. The largest absolute Gasteiger partial charge is 0.316 e. The number of hydrogen-bond donors (Lipinski definition) is 0. The Morgan fingerprint density at radius 3 is 1.00 bits per heavy atom. The van der Waals surface area contributed by atoms with Crippen LogP contribution in [-0.2, 0) is 0 Å². The van der Waals surface area contributed by atoms with Crippen molar-refractivity contribution in [2.45, 2.75) is 0 Å². The van der Waals surface area contributed by atoms with E-state index in [1.54, 1.807) is 0 Å². The van der Waals surface area contributed by atoms with Crippen molar-refractivity contribution >= 4 is 76.3 Å². The fourth-order valence-corrected chi connectivity index (χ4v) is 11.7. The van der Waals surface area contributed by atoms with E-state index in [-0.39, 0.29) is 0 Å². The zero-order valence-electron chi connectivity index (χ0n) is 39.2. The smallest absolute Gasteiger partial charge is 0.0541 e. The lowest BCUT2D eigenvalue weighted by Crippen LogP contribution is -1.95. The third-order valence-corrected chi connectivity index (χ3v) is 15.0. The summed E-state index contributed by atoms with van der Waals surface area (Å²) in [7, 11) is 0. The van der Waals surface area contributed by atoms with Gasteiger partial charge in [-0.1, -0.05) is 146 Å². The minimum Gasteiger partial charge on any atom is -0.316 e. The maximum absolute atomic E-state index is 2.47. The van der Waals surface area contributed by atoms with Crippen LogP contribution in [0.1, 0.15) is 0 Å². The molecular formula is C68H44N4. The maximum Gasteiger partial charge on any atom is 0.0541 e. The molecule has 4 heterocycles. The lowest BCUT2D eigenvalue weighted by Gasteiger charge is -2.11. The molecule has 336 valence electrons. The fraction of sp³-hybridized carbons (Fsp3) is 0. The fourth-order valence-electron chi connectivity index (χ4n) is 11.7. The second kappa shape index (κ2) is 16.0. The zero-order valence-corrected chi connectivity index (χ0v) is 39.2. The van der Waals surface area contributed by atoms with Crippen molar-refractivity contribution in [2.24, 2.45) is 0 Å². The van der Waals surface area contributed by atoms with Crippen molar-refractivity contribution in [1.29, 1.82) is 0 Å². The molecule has 0 saturated heterocycles. The van der Waals surface area contributed by atoms with Crippen LogP contribution in [-0.4, -0.2) is 18.3 Å². The lowest BCUT2D eigenvalue weighted by molar-refractivity contribution is 1.13. The lowest BCUT2D eigenvalue weighted by atomic mass is 9.98. The second-order valence-corrected chi connectivity index (χ2v) is 19.0. The first-order chi connectivity index (χ1) is 35.7. The zero-order chi connectivity index (χ0) is 47.3. The third kappa shape index (κ3) is 6.19. The second-order valence-electron chi connectivity index (χ2n) is 19.0. The average molecular weight is 917 g/mol. The van der Waals surface area contributed by atoms with Gasteiger partial charge in [0.1, 0.15) is 0 Å². The van der Waals surface area contributed by atoms with Gasteiger partial charge >= 0.3 is 0 Å². The molecule has 0 atom stereocenters. The van der Waals surface area contributed by atoms with Gasteiger partial charge in [-0.2, -0.15) is 0 Å². The first-order valence-electron chi connectivity index (χ1n) is 24.7. The van der Waals surface area contributed by atoms with Crippen molar-refractivity contribution in [2.75, 3.05) is 0 Å². The van der Waals surface area contributed by atoms with Crippen molar-refractivity contribution in [3.05, 3.63) is 267 Å². The van der Waals surface area contributed by atoms with Gasteiger partial charge in [-0.15, -0.1) is 0 Å². The van der Waals surface area contributed by atoms with Crippen LogP contribution in [0.4, 0.5) is 0 Å². The van der Waals surface area contributed by atoms with Crippen LogP contribution in [0.5, 0.6) is 0 Å². The molecule has 0 spiro atoms. The molecule has 0 aliphatic carbocycles. The highest BCUT2D eigenvalue weighted by Crippen LogP contribution is 2.42. The van der Waals surface area contributed by atoms with Gasteiger partial charge in [0.25, 0.3) is 0 Å². The number of fused-ring (bicyclic) bond motifs is 10. The number of nitrogens with zero attached hydrogens (tertiary/aromatic N) is 4. The summed E-state index contributed by atoms with van der Waals surface area (Å²) in [5, 5.41) is 8.60. The van der Waals surface area contributed by atoms with E-state index in [9.17, 15) is 0 Å². The molecule has 4 nitrogen and oxygen atoms in total. The minimum atomic E-state index is 1.12. The topological polar surface area (TPSA) is 19.7 Å². The first-order valence-corrected chi connectivity index (χ1v) is 24.7. The van der Waals surface area contributed by atoms with Crippen LogP contribution in [0.25, 0.3) is 132 Å². The van der Waals surface area contributed by atoms with E-state index in [0.29, 0.717) is 0 Å². The van der Waals surface area contributed by atoms with Gasteiger partial charge in [-0.05, 0) is 143 Å². The van der Waals surface area contributed by atoms with Crippen molar-refractivity contribution in [1.82, 2.24) is 18.3 Å². The summed E-state index contributed by atoms with van der Waals surface area (Å²) < 4.78 is 9.57. The van der Waals surface area contributed by atoms with E-state index in [0.717, 1.165) is 33.8 Å². The molecule has 0 fully saturated rings. The molecule has 0 aliphatic heterocycles. The molecule has 0 saturated carbocycles. The summed E-state index contributed by atoms with van der Waals surface area (Å²) >= 11 is 0. The van der Waals surface area contributed by atoms with Gasteiger partial charge in [-0.3, -0.25) is 0 Å². The number of rotatable bonds is 7. The van der Waals surface area contributed by atoms with E-state index in [1.807, 2.05) is 0 Å². The minimum absolute atomic E-state index is 1.12. The quantitative estimate of drug-likeness (QED) is 0.152. The highest BCUT2D eigenvalue weighted by atomic mass is 15.0. The number of para-hydroxylation sites is 5. The molecule has 0 radical (unpaired) electrons. The molecule has 4 aromatic heterocycles. The summed E-state index contributed by atoms with van der Waals surface area (Å²) in [5.74, 6) is 0. The number of hydrogen-bond acceptors (Lipinski definition) is 0. The molecule has 15 aromatic rings. The maximum atomic E-state index is 2.47. The van der Waals surface area contributed by atoms with E-state index < -0.39 is 0 Å². The Bertz CT molecular complexity index is 4380. The summed E-state index contributed by atoms with van der Waals surface area (Å²) in [6.07, 6.45) is 2.30. The van der Waals surface area contributed by atoms with Crippen molar-refractivity contribution in [3.8, 4) is 56.1 Å². The van der Waals surface area contributed by atoms with Gasteiger partial charge in [-0.25, -0.2) is 0 Å². The predicted octanol–water partition coefficient (Wildman–Crippen LogP) is 17.9. The van der Waals surface area contributed by atoms with Crippen LogP contribution in [0.15, 0.2) is 267 Å². The van der Waals surface area contributed by atoms with Crippen LogP contribution < -0.4 is 0 Å². The van der Waals surface area contributed by atoms with Gasteiger partial charge in [0, 0.05) is 72.2 Å². The Morgan fingerprint density at radius 1 is 0.194 bits per heavy atom. The molecule has 0 unspecified atom stereocenters. The van der Waals surface area contributed by atoms with Crippen molar-refractivity contribution < 1.29 is 0 Å². The van der Waals surface area contributed by atoms with Gasteiger partial charge in [0.15, 0.2) is 0 Å². The third-order valence-electron chi connectivity index (χ3n) is 15.0. The molecule has 11 aromatic carbocycles. The van der Waals surface area contributed by atoms with Crippen LogP contribution in [0.2, 0.25) is 0 Å². The normalized spacial score (nSPS) is 11.9. The van der Waals surface area contributed by atoms with Gasteiger partial charge in [0.05, 0.1) is 38.6 Å². The van der Waals surface area contributed by atoms with Crippen LogP contribution in [0, 0.1) is 0 Å². The molecule has 0 aliphatic rings. The van der Waals surface area contributed by atoms with E-state index in [1.165, 1.54) is 98.7 Å². The molecular weight excluding hydrogens is 873 g/mol. The predicted molar refractivity (Wildman–Crippen MR) is 303 cm³/mol. The SMILES string of the molecule is c1ccc(-c2cn(-c3ccccc3)c3ccc(-n4c5ccc(-c6ccc7c(c6)c6ccccc6n7-c6ccccc6)cc5c5cc(-c6ccc7c(c6)c6ccccc6n7-c6ccccc6)ccc54)cc23)cc1. The highest BCUT2D eigenvalue weighted by molar-refractivity contribution is 6.15. The molecule has 4 heteroatoms. The summed E-state index contributed by atoms with van der Waals surface area (Å²) in [4.78, 5) is 0. The molecule has 0 N–H and O–H groups in total. The Labute approximate surface area is 415 Å². The molecule has 72 heavy (non-hydrogen) atoms. The Morgan fingerprint density at radius 2 is 0.542 bits per heavy atom. The van der Waals surface area contributed by atoms with Gasteiger partial charge < -0.3 is 18.3 Å². The Hall–Kier alpha value is -9.64. The van der Waals surface area contributed by atoms with Gasteiger partial charge in [0.2, 0.25) is 0 Å². The van der Waals surface area contributed by atoms with Crippen LogP contribution in [0.3, 0.4) is 0 Å². The summed E-state index contributed by atoms with van der Waals surface area (Å²) in [6.45, 7) is 0. The Kier molecular flexibility index (Phi) is 8.92. The molecule has 0 amide bonds. The average Bonchev–Trinajstić information content (AvgIpc) is 4.20. The Balaban J connectivity index is 0.949. The first kappa shape index (κ1) is 40.3. The summed E-state index contributed by atoms with van der Waals surface area (Å²) in [5.41, 5.74) is 20.0. The molecule has 0 bridgehead atoms. The van der Waals surface area contributed by atoms with E-state index >= 15 is 0 Å². The monoisotopic (exact) mass is 916 g/mol. The molecule has 15 rings (SSSR count). The van der Waals surface area contributed by atoms with E-state index in [4.69, 9.17) is 0 Å². The van der Waals surface area contributed by atoms with Crippen LogP contribution >= 0.6 is 0 Å². The van der Waals surface area contributed by atoms with Crippen molar-refractivity contribution in [3.63, 3.8) is 0 Å². The number of benzene rings is 11. The van der Waals surface area contributed by atoms with E-state index in [2.05, 4.69) is 285 Å². The summed E-state index contributed by atoms with van der Waals surface area (Å²) in [6, 6.07) is 95.5.